The molecule has 1 heteroatoms. The van der Waals surface area contributed by atoms with E-state index in [4.69, 9.17) is 0 Å². The summed E-state index contributed by atoms with van der Waals surface area (Å²) in [5.41, 5.74) is 3.48. The second-order valence-corrected chi connectivity index (χ2v) is 6.50. The van der Waals surface area contributed by atoms with Crippen LogP contribution in [0.1, 0.15) is 43.7 Å². The van der Waals surface area contributed by atoms with Gasteiger partial charge >= 0.3 is 0 Å². The van der Waals surface area contributed by atoms with E-state index in [0.29, 0.717) is 5.41 Å². The summed E-state index contributed by atoms with van der Waals surface area (Å²) in [5.74, 6) is 0.798. The van der Waals surface area contributed by atoms with Crippen molar-refractivity contribution in [3.8, 4) is 0 Å². The Hall–Kier alpha value is -0.820. The smallest absolute Gasteiger partial charge is 0.0126 e. The summed E-state index contributed by atoms with van der Waals surface area (Å²) < 4.78 is 0. The van der Waals surface area contributed by atoms with Gasteiger partial charge in [0.15, 0.2) is 0 Å². The molecule has 0 radical (unpaired) electrons. The van der Waals surface area contributed by atoms with Gasteiger partial charge in [0.25, 0.3) is 0 Å². The molecule has 0 aromatic heterocycles. The molecule has 3 atom stereocenters. The van der Waals surface area contributed by atoms with Crippen molar-refractivity contribution < 1.29 is 0 Å². The zero-order valence-electron chi connectivity index (χ0n) is 11.9. The summed E-state index contributed by atoms with van der Waals surface area (Å²) in [6, 6.07) is 10.1. The van der Waals surface area contributed by atoms with Gasteiger partial charge in [0.1, 0.15) is 0 Å². The SMILES string of the molecule is Cc1cccc([C@@]23CCC[C@@H]([C@@H]2C)N(C)CC3)c1. The fraction of sp³-hybridized carbons (Fsp3) is 0.647. The molecule has 1 saturated carbocycles. The minimum Gasteiger partial charge on any atom is -0.303 e. The topological polar surface area (TPSA) is 3.24 Å². The van der Waals surface area contributed by atoms with E-state index in [1.807, 2.05) is 0 Å². The number of piperidine rings is 1. The third-order valence-electron chi connectivity index (χ3n) is 5.64. The van der Waals surface area contributed by atoms with E-state index >= 15 is 0 Å². The van der Waals surface area contributed by atoms with E-state index in [1.54, 1.807) is 5.56 Å². The Balaban J connectivity index is 2.02. The molecule has 1 saturated heterocycles. The summed E-state index contributed by atoms with van der Waals surface area (Å²) in [6.45, 7) is 5.98. The third kappa shape index (κ3) is 1.72. The maximum Gasteiger partial charge on any atom is 0.0126 e. The van der Waals surface area contributed by atoms with Crippen molar-refractivity contribution in [1.29, 1.82) is 0 Å². The van der Waals surface area contributed by atoms with Gasteiger partial charge in [-0.05, 0) is 51.3 Å². The molecule has 1 nitrogen and oxygen atoms in total. The fourth-order valence-electron chi connectivity index (χ4n) is 4.48. The Bertz CT molecular complexity index is 439. The lowest BCUT2D eigenvalue weighted by molar-refractivity contribution is 0.0126. The number of hydrogen-bond acceptors (Lipinski definition) is 1. The van der Waals surface area contributed by atoms with Crippen LogP contribution in [0.5, 0.6) is 0 Å². The van der Waals surface area contributed by atoms with E-state index in [9.17, 15) is 0 Å². The second kappa shape index (κ2) is 4.38. The molecule has 98 valence electrons. The molecule has 0 spiro atoms. The van der Waals surface area contributed by atoms with Crippen LogP contribution in [0.25, 0.3) is 0 Å². The molecular weight excluding hydrogens is 218 g/mol. The largest absolute Gasteiger partial charge is 0.303 e. The number of nitrogens with zero attached hydrogens (tertiary/aromatic N) is 1. The molecule has 1 aromatic carbocycles. The standard InChI is InChI=1S/C17H25N/c1-13-6-4-7-15(12-13)17-9-5-8-16(14(17)2)18(3)11-10-17/h4,6-7,12,14,16H,5,8-11H2,1-3H3/t14-,16-,17+/m0/s1. The van der Waals surface area contributed by atoms with Gasteiger partial charge in [-0.1, -0.05) is 43.2 Å². The van der Waals surface area contributed by atoms with E-state index in [1.165, 1.54) is 37.8 Å². The molecule has 18 heavy (non-hydrogen) atoms. The molecule has 0 N–H and O–H groups in total. The number of hydrogen-bond donors (Lipinski definition) is 0. The Kier molecular flexibility index (Phi) is 2.97. The first-order chi connectivity index (χ1) is 8.63. The van der Waals surface area contributed by atoms with Gasteiger partial charge in [-0.15, -0.1) is 0 Å². The average molecular weight is 243 g/mol. The van der Waals surface area contributed by atoms with Crippen LogP contribution >= 0.6 is 0 Å². The summed E-state index contributed by atoms with van der Waals surface area (Å²) in [5, 5.41) is 0. The zero-order chi connectivity index (χ0) is 12.8. The van der Waals surface area contributed by atoms with E-state index in [2.05, 4.69) is 50.1 Å². The highest BCUT2D eigenvalue weighted by molar-refractivity contribution is 5.32. The lowest BCUT2D eigenvalue weighted by Gasteiger charge is -2.55. The van der Waals surface area contributed by atoms with Crippen molar-refractivity contribution in [2.75, 3.05) is 13.6 Å². The number of rotatable bonds is 1. The molecule has 1 aliphatic heterocycles. The van der Waals surface area contributed by atoms with Crippen molar-refractivity contribution in [2.45, 2.75) is 51.0 Å². The first kappa shape index (κ1) is 12.2. The first-order valence-electron chi connectivity index (χ1n) is 7.41. The molecule has 1 aromatic rings. The second-order valence-electron chi connectivity index (χ2n) is 6.50. The number of aryl methyl sites for hydroxylation is 1. The highest BCUT2D eigenvalue weighted by atomic mass is 15.1. The van der Waals surface area contributed by atoms with Crippen LogP contribution in [0.4, 0.5) is 0 Å². The van der Waals surface area contributed by atoms with Crippen LogP contribution in [0.15, 0.2) is 24.3 Å². The predicted octanol–water partition coefficient (Wildman–Crippen LogP) is 3.76. The molecule has 3 rings (SSSR count). The normalized spacial score (nSPS) is 36.6. The lowest BCUT2D eigenvalue weighted by atomic mass is 9.57. The van der Waals surface area contributed by atoms with Gasteiger partial charge < -0.3 is 4.90 Å². The highest BCUT2D eigenvalue weighted by Gasteiger charge is 2.48. The van der Waals surface area contributed by atoms with Gasteiger partial charge in [-0.2, -0.15) is 0 Å². The molecular formula is C17H25N. The predicted molar refractivity (Wildman–Crippen MR) is 76.9 cm³/mol. The molecule has 0 amide bonds. The van der Waals surface area contributed by atoms with Crippen molar-refractivity contribution in [3.05, 3.63) is 35.4 Å². The van der Waals surface area contributed by atoms with E-state index in [0.717, 1.165) is 12.0 Å². The summed E-state index contributed by atoms with van der Waals surface area (Å²) in [4.78, 5) is 2.60. The van der Waals surface area contributed by atoms with Crippen LogP contribution in [0, 0.1) is 12.8 Å². The molecule has 2 aliphatic rings. The summed E-state index contributed by atoms with van der Waals surface area (Å²) in [6.07, 6.45) is 5.52. The Morgan fingerprint density at radius 1 is 1.28 bits per heavy atom. The van der Waals surface area contributed by atoms with Crippen LogP contribution in [-0.2, 0) is 5.41 Å². The van der Waals surface area contributed by atoms with Gasteiger partial charge in [0.05, 0.1) is 0 Å². The quantitative estimate of drug-likeness (QED) is 0.726. The van der Waals surface area contributed by atoms with Crippen LogP contribution < -0.4 is 0 Å². The Morgan fingerprint density at radius 2 is 2.11 bits per heavy atom. The summed E-state index contributed by atoms with van der Waals surface area (Å²) >= 11 is 0. The maximum atomic E-state index is 2.60. The minimum atomic E-state index is 0.460. The van der Waals surface area contributed by atoms with E-state index < -0.39 is 0 Å². The van der Waals surface area contributed by atoms with Crippen LogP contribution in [0.2, 0.25) is 0 Å². The number of benzene rings is 1. The third-order valence-corrected chi connectivity index (χ3v) is 5.64. The fourth-order valence-corrected chi connectivity index (χ4v) is 4.48. The van der Waals surface area contributed by atoms with Crippen molar-refractivity contribution in [2.24, 2.45) is 5.92 Å². The Labute approximate surface area is 111 Å². The zero-order valence-corrected chi connectivity index (χ0v) is 11.9. The van der Waals surface area contributed by atoms with Crippen LogP contribution in [0.3, 0.4) is 0 Å². The Morgan fingerprint density at radius 3 is 2.89 bits per heavy atom. The average Bonchev–Trinajstić information content (AvgIpc) is 2.35. The van der Waals surface area contributed by atoms with Crippen molar-refractivity contribution >= 4 is 0 Å². The van der Waals surface area contributed by atoms with Gasteiger partial charge in [-0.3, -0.25) is 0 Å². The first-order valence-corrected chi connectivity index (χ1v) is 7.41. The number of fused-ring (bicyclic) bond motifs is 2. The van der Waals surface area contributed by atoms with Crippen molar-refractivity contribution in [3.63, 3.8) is 0 Å². The van der Waals surface area contributed by atoms with Gasteiger partial charge in [0.2, 0.25) is 0 Å². The monoisotopic (exact) mass is 243 g/mol. The highest BCUT2D eigenvalue weighted by Crippen LogP contribution is 2.50. The van der Waals surface area contributed by atoms with E-state index in [-0.39, 0.29) is 0 Å². The van der Waals surface area contributed by atoms with Crippen LogP contribution in [-0.4, -0.2) is 24.5 Å². The van der Waals surface area contributed by atoms with Gasteiger partial charge in [0, 0.05) is 11.5 Å². The van der Waals surface area contributed by atoms with Crippen molar-refractivity contribution in [1.82, 2.24) is 4.90 Å². The minimum absolute atomic E-state index is 0.460. The molecule has 0 unspecified atom stereocenters. The molecule has 1 heterocycles. The number of likely N-dealkylation sites (tertiary alicyclic amines) is 1. The molecule has 1 aliphatic carbocycles. The molecule has 2 bridgehead atoms. The van der Waals surface area contributed by atoms with Gasteiger partial charge in [-0.25, -0.2) is 0 Å². The maximum absolute atomic E-state index is 2.60. The molecule has 2 fully saturated rings. The summed E-state index contributed by atoms with van der Waals surface area (Å²) in [7, 11) is 2.31. The lowest BCUT2D eigenvalue weighted by Crippen LogP contribution is -2.56.